The Hall–Kier alpha value is -1.02. The minimum Gasteiger partial charge on any atom is -0.491 e. The molecule has 0 amide bonds. The van der Waals surface area contributed by atoms with Crippen LogP contribution in [0, 0.1) is 0 Å². The van der Waals surface area contributed by atoms with Gasteiger partial charge >= 0.3 is 0 Å². The second-order valence-electron chi connectivity index (χ2n) is 4.59. The molecule has 1 fully saturated rings. The summed E-state index contributed by atoms with van der Waals surface area (Å²) in [6.45, 7) is 4.33. The van der Waals surface area contributed by atoms with Crippen LogP contribution in [0.4, 0.5) is 0 Å². The van der Waals surface area contributed by atoms with Gasteiger partial charge in [0.25, 0.3) is 0 Å². The van der Waals surface area contributed by atoms with Crippen LogP contribution in [0.15, 0.2) is 36.1 Å². The first kappa shape index (κ1) is 15.0. The van der Waals surface area contributed by atoms with Gasteiger partial charge in [-0.3, -0.25) is 0 Å². The molecule has 0 aromatic carbocycles. The molecule has 0 N–H and O–H groups in total. The van der Waals surface area contributed by atoms with Crippen LogP contribution in [0.3, 0.4) is 0 Å². The van der Waals surface area contributed by atoms with Gasteiger partial charge in [-0.1, -0.05) is 51.0 Å². The minimum atomic E-state index is 0.0647. The Morgan fingerprint density at radius 1 is 1.39 bits per heavy atom. The van der Waals surface area contributed by atoms with E-state index in [4.69, 9.17) is 9.47 Å². The SMILES string of the molecule is CC/C=C1\C[C@H](C(/C=C/C=C/CCCC)OC)O1. The molecule has 1 unspecified atom stereocenters. The predicted molar refractivity (Wildman–Crippen MR) is 76.5 cm³/mol. The molecule has 102 valence electrons. The number of hydrogen-bond acceptors (Lipinski definition) is 2. The Morgan fingerprint density at radius 3 is 2.78 bits per heavy atom. The van der Waals surface area contributed by atoms with Crippen LogP contribution in [-0.2, 0) is 9.47 Å². The van der Waals surface area contributed by atoms with Crippen molar-refractivity contribution in [1.82, 2.24) is 0 Å². The highest BCUT2D eigenvalue weighted by Crippen LogP contribution is 2.29. The lowest BCUT2D eigenvalue weighted by Crippen LogP contribution is -2.37. The van der Waals surface area contributed by atoms with Gasteiger partial charge in [0.1, 0.15) is 12.2 Å². The molecular formula is C16H26O2. The Bertz CT molecular complexity index is 294. The molecule has 0 spiro atoms. The zero-order chi connectivity index (χ0) is 13.2. The molecule has 1 rings (SSSR count). The summed E-state index contributed by atoms with van der Waals surface area (Å²) in [5.41, 5.74) is 0. The lowest BCUT2D eigenvalue weighted by atomic mass is 10.0. The molecular weight excluding hydrogens is 224 g/mol. The number of hydrogen-bond donors (Lipinski definition) is 0. The topological polar surface area (TPSA) is 18.5 Å². The maximum Gasteiger partial charge on any atom is 0.135 e. The third-order valence-electron chi connectivity index (χ3n) is 3.05. The third kappa shape index (κ3) is 5.09. The minimum absolute atomic E-state index is 0.0647. The highest BCUT2D eigenvalue weighted by Gasteiger charge is 2.31. The maximum atomic E-state index is 5.69. The van der Waals surface area contributed by atoms with Crippen molar-refractivity contribution in [1.29, 1.82) is 0 Å². The fraction of sp³-hybridized carbons (Fsp3) is 0.625. The number of allylic oxidation sites excluding steroid dienone is 4. The van der Waals surface area contributed by atoms with Crippen molar-refractivity contribution in [3.8, 4) is 0 Å². The summed E-state index contributed by atoms with van der Waals surface area (Å²) in [5.74, 6) is 1.11. The average molecular weight is 250 g/mol. The Balaban J connectivity index is 2.28. The summed E-state index contributed by atoms with van der Waals surface area (Å²) in [5, 5.41) is 0. The Morgan fingerprint density at radius 2 is 2.17 bits per heavy atom. The molecule has 1 saturated heterocycles. The summed E-state index contributed by atoms with van der Waals surface area (Å²) in [4.78, 5) is 0. The molecule has 0 bridgehead atoms. The zero-order valence-corrected chi connectivity index (χ0v) is 11.9. The second kappa shape index (κ2) is 8.98. The molecule has 2 atom stereocenters. The van der Waals surface area contributed by atoms with Crippen molar-refractivity contribution in [3.63, 3.8) is 0 Å². The number of methoxy groups -OCH3 is 1. The highest BCUT2D eigenvalue weighted by molar-refractivity contribution is 5.12. The lowest BCUT2D eigenvalue weighted by Gasteiger charge is -2.34. The number of rotatable bonds is 8. The van der Waals surface area contributed by atoms with Crippen molar-refractivity contribution in [3.05, 3.63) is 36.1 Å². The Labute approximate surface area is 111 Å². The number of ether oxygens (including phenoxy) is 2. The summed E-state index contributed by atoms with van der Waals surface area (Å²) >= 11 is 0. The smallest absolute Gasteiger partial charge is 0.135 e. The van der Waals surface area contributed by atoms with E-state index in [0.29, 0.717) is 0 Å². The van der Waals surface area contributed by atoms with E-state index in [1.807, 2.05) is 0 Å². The van der Waals surface area contributed by atoms with Crippen LogP contribution in [-0.4, -0.2) is 19.3 Å². The van der Waals surface area contributed by atoms with Gasteiger partial charge in [0.15, 0.2) is 0 Å². The van der Waals surface area contributed by atoms with E-state index in [9.17, 15) is 0 Å². The predicted octanol–water partition coefficient (Wildman–Crippen LogP) is 4.39. The van der Waals surface area contributed by atoms with Crippen LogP contribution in [0.25, 0.3) is 0 Å². The van der Waals surface area contributed by atoms with Crippen molar-refractivity contribution in [2.75, 3.05) is 7.11 Å². The van der Waals surface area contributed by atoms with Gasteiger partial charge in [0.05, 0.1) is 5.76 Å². The average Bonchev–Trinajstić information content (AvgIpc) is 2.34. The first-order valence-electron chi connectivity index (χ1n) is 7.03. The largest absolute Gasteiger partial charge is 0.491 e. The fourth-order valence-electron chi connectivity index (χ4n) is 1.95. The van der Waals surface area contributed by atoms with Crippen molar-refractivity contribution in [2.45, 2.75) is 58.2 Å². The van der Waals surface area contributed by atoms with E-state index < -0.39 is 0 Å². The van der Waals surface area contributed by atoms with E-state index >= 15 is 0 Å². The van der Waals surface area contributed by atoms with Crippen LogP contribution in [0.2, 0.25) is 0 Å². The molecule has 0 aliphatic carbocycles. The van der Waals surface area contributed by atoms with Gasteiger partial charge in [0.2, 0.25) is 0 Å². The molecule has 1 aliphatic rings. The molecule has 0 saturated carbocycles. The normalized spacial score (nSPS) is 23.5. The van der Waals surface area contributed by atoms with E-state index in [-0.39, 0.29) is 12.2 Å². The van der Waals surface area contributed by atoms with Crippen LogP contribution in [0.1, 0.15) is 46.0 Å². The number of unbranched alkanes of at least 4 members (excludes halogenated alkanes) is 2. The zero-order valence-electron chi connectivity index (χ0n) is 11.9. The van der Waals surface area contributed by atoms with E-state index in [1.54, 1.807) is 7.11 Å². The highest BCUT2D eigenvalue weighted by atomic mass is 16.6. The van der Waals surface area contributed by atoms with Crippen LogP contribution >= 0.6 is 0 Å². The second-order valence-corrected chi connectivity index (χ2v) is 4.59. The Kier molecular flexibility index (Phi) is 7.51. The van der Waals surface area contributed by atoms with E-state index in [0.717, 1.165) is 25.0 Å². The summed E-state index contributed by atoms with van der Waals surface area (Å²) < 4.78 is 11.1. The van der Waals surface area contributed by atoms with Crippen LogP contribution < -0.4 is 0 Å². The van der Waals surface area contributed by atoms with Gasteiger partial charge in [0, 0.05) is 13.5 Å². The van der Waals surface area contributed by atoms with Gasteiger partial charge in [-0.2, -0.15) is 0 Å². The van der Waals surface area contributed by atoms with Gasteiger partial charge < -0.3 is 9.47 Å². The monoisotopic (exact) mass is 250 g/mol. The molecule has 18 heavy (non-hydrogen) atoms. The van der Waals surface area contributed by atoms with Gasteiger partial charge in [-0.15, -0.1) is 0 Å². The lowest BCUT2D eigenvalue weighted by molar-refractivity contribution is -0.0639. The molecule has 0 aromatic heterocycles. The maximum absolute atomic E-state index is 5.69. The van der Waals surface area contributed by atoms with E-state index in [2.05, 4.69) is 44.2 Å². The molecule has 1 aliphatic heterocycles. The first-order chi connectivity index (χ1) is 8.81. The molecule has 0 aromatic rings. The molecule has 2 heteroatoms. The van der Waals surface area contributed by atoms with Crippen molar-refractivity contribution >= 4 is 0 Å². The molecule has 2 nitrogen and oxygen atoms in total. The van der Waals surface area contributed by atoms with Crippen LogP contribution in [0.5, 0.6) is 0 Å². The van der Waals surface area contributed by atoms with Gasteiger partial charge in [-0.25, -0.2) is 0 Å². The van der Waals surface area contributed by atoms with Crippen molar-refractivity contribution in [2.24, 2.45) is 0 Å². The summed E-state index contributed by atoms with van der Waals surface area (Å²) in [6, 6.07) is 0. The fourth-order valence-corrected chi connectivity index (χ4v) is 1.95. The quantitative estimate of drug-likeness (QED) is 0.470. The van der Waals surface area contributed by atoms with Crippen molar-refractivity contribution < 1.29 is 9.47 Å². The molecule has 0 radical (unpaired) electrons. The summed E-state index contributed by atoms with van der Waals surface area (Å²) in [7, 11) is 1.74. The standard InChI is InChI=1S/C16H26O2/c1-4-6-7-8-9-10-12-15(17-3)16-13-14(18-16)11-5-2/h8-12,15-16H,4-7,13H2,1-3H3/b9-8+,12-10+,14-11+/t15?,16-/m1/s1. The van der Waals surface area contributed by atoms with Gasteiger partial charge in [-0.05, 0) is 18.9 Å². The molecule has 1 heterocycles. The third-order valence-corrected chi connectivity index (χ3v) is 3.05. The first-order valence-corrected chi connectivity index (χ1v) is 7.03. The summed E-state index contributed by atoms with van der Waals surface area (Å²) in [6.07, 6.45) is 16.5. The van der Waals surface area contributed by atoms with E-state index in [1.165, 1.54) is 12.8 Å².